The lowest BCUT2D eigenvalue weighted by Gasteiger charge is -2.14. The number of carbonyl (C=O) groups is 2. The number of likely N-dealkylation sites (N-methyl/N-ethyl adjacent to an activating group) is 1. The quantitative estimate of drug-likeness (QED) is 0.532. The number of imidazole rings is 1. The van der Waals surface area contributed by atoms with Gasteiger partial charge in [-0.25, -0.2) is 9.50 Å². The predicted octanol–water partition coefficient (Wildman–Crippen LogP) is 1.87. The first kappa shape index (κ1) is 20.5. The number of ether oxygens (including phenoxy) is 1. The van der Waals surface area contributed by atoms with Crippen molar-refractivity contribution in [2.75, 3.05) is 37.9 Å². The van der Waals surface area contributed by atoms with Crippen LogP contribution in [0, 0.1) is 0 Å². The molecule has 1 aliphatic heterocycles. The number of amides is 2. The summed E-state index contributed by atoms with van der Waals surface area (Å²) in [5, 5.41) is 13.7. The fourth-order valence-corrected chi connectivity index (χ4v) is 3.55. The molecule has 0 bridgehead atoms. The molecule has 0 aliphatic carbocycles. The number of likely N-dealkylation sites (tertiary alicyclic amines) is 1. The van der Waals surface area contributed by atoms with Crippen molar-refractivity contribution in [2.45, 2.75) is 19.4 Å². The van der Waals surface area contributed by atoms with Gasteiger partial charge in [0.2, 0.25) is 5.91 Å². The van der Waals surface area contributed by atoms with E-state index < -0.39 is 11.9 Å². The largest absolute Gasteiger partial charge is 0.492 e. The van der Waals surface area contributed by atoms with E-state index in [0.29, 0.717) is 42.5 Å². The number of aromatic nitrogens is 3. The normalized spacial score (nSPS) is 15.9. The van der Waals surface area contributed by atoms with Crippen LogP contribution >= 0.6 is 0 Å². The maximum atomic E-state index is 12.9. The van der Waals surface area contributed by atoms with Crippen LogP contribution in [0.1, 0.15) is 23.8 Å². The van der Waals surface area contributed by atoms with E-state index in [1.807, 2.05) is 37.3 Å². The highest BCUT2D eigenvalue weighted by Crippen LogP contribution is 2.28. The Bertz CT molecular complexity index is 1130. The molecule has 10 nitrogen and oxygen atoms in total. The summed E-state index contributed by atoms with van der Waals surface area (Å²) in [6.07, 6.45) is 2.04. The van der Waals surface area contributed by atoms with E-state index in [1.54, 1.807) is 19.0 Å². The van der Waals surface area contributed by atoms with Gasteiger partial charge in [-0.05, 0) is 25.5 Å². The minimum atomic E-state index is -0.536. The molecule has 1 fully saturated rings. The summed E-state index contributed by atoms with van der Waals surface area (Å²) >= 11 is 0. The summed E-state index contributed by atoms with van der Waals surface area (Å²) in [6.45, 7) is 3.07. The van der Waals surface area contributed by atoms with E-state index in [1.165, 1.54) is 10.7 Å². The van der Waals surface area contributed by atoms with Crippen molar-refractivity contribution >= 4 is 34.7 Å². The lowest BCUT2D eigenvalue weighted by molar-refractivity contribution is -0.128. The molecule has 3 N–H and O–H groups in total. The van der Waals surface area contributed by atoms with Gasteiger partial charge in [0.25, 0.3) is 5.91 Å². The van der Waals surface area contributed by atoms with E-state index in [-0.39, 0.29) is 11.6 Å². The molecular formula is C21H25N7O3. The molecule has 1 aromatic carbocycles. The molecule has 1 atom stereocenters. The van der Waals surface area contributed by atoms with E-state index in [2.05, 4.69) is 26.0 Å². The number of benzene rings is 1. The molecule has 3 aromatic rings. The Morgan fingerprint density at radius 1 is 1.29 bits per heavy atom. The number of para-hydroxylation sites is 2. The van der Waals surface area contributed by atoms with Gasteiger partial charge in [-0.3, -0.25) is 9.59 Å². The third-order valence-electron chi connectivity index (χ3n) is 5.15. The molecule has 0 unspecified atom stereocenters. The zero-order valence-electron chi connectivity index (χ0n) is 17.7. The summed E-state index contributed by atoms with van der Waals surface area (Å²) in [4.78, 5) is 31.0. The van der Waals surface area contributed by atoms with Gasteiger partial charge in [0, 0.05) is 26.7 Å². The molecule has 0 saturated carbocycles. The first-order valence-electron chi connectivity index (χ1n) is 10.1. The number of hydrogen-bond acceptors (Lipinski definition) is 7. The van der Waals surface area contributed by atoms with Crippen molar-refractivity contribution < 1.29 is 14.3 Å². The summed E-state index contributed by atoms with van der Waals surface area (Å²) < 4.78 is 7.14. The van der Waals surface area contributed by atoms with Crippen LogP contribution < -0.4 is 20.7 Å². The molecular weight excluding hydrogens is 398 g/mol. The molecule has 1 aliphatic rings. The van der Waals surface area contributed by atoms with Crippen molar-refractivity contribution in [1.29, 1.82) is 0 Å². The zero-order valence-corrected chi connectivity index (χ0v) is 17.7. The fraction of sp³-hybridized carbons (Fsp3) is 0.333. The SMILES string of the molecule is CCOc1ccccc1Nc1cc(NC)c2ncc(C(=O)N[C@@H]3CCN(C)C3=O)n2n1. The van der Waals surface area contributed by atoms with Crippen LogP contribution in [0.4, 0.5) is 17.2 Å². The predicted molar refractivity (Wildman–Crippen MR) is 117 cm³/mol. The van der Waals surface area contributed by atoms with E-state index in [4.69, 9.17) is 4.74 Å². The molecule has 1 saturated heterocycles. The maximum Gasteiger partial charge on any atom is 0.272 e. The number of hydrogen-bond donors (Lipinski definition) is 3. The van der Waals surface area contributed by atoms with Gasteiger partial charge in [-0.1, -0.05) is 12.1 Å². The number of anilines is 3. The average molecular weight is 423 g/mol. The summed E-state index contributed by atoms with van der Waals surface area (Å²) in [5.41, 5.74) is 2.20. The van der Waals surface area contributed by atoms with Gasteiger partial charge in [-0.2, -0.15) is 0 Å². The zero-order chi connectivity index (χ0) is 22.0. The van der Waals surface area contributed by atoms with Crippen LogP contribution in [0.3, 0.4) is 0 Å². The van der Waals surface area contributed by atoms with Crippen LogP contribution in [-0.4, -0.2) is 64.6 Å². The minimum Gasteiger partial charge on any atom is -0.492 e. The number of nitrogens with zero attached hydrogens (tertiary/aromatic N) is 4. The van der Waals surface area contributed by atoms with Gasteiger partial charge in [0.05, 0.1) is 24.2 Å². The Hall–Kier alpha value is -3.82. The summed E-state index contributed by atoms with van der Waals surface area (Å²) in [5.74, 6) is 0.710. The van der Waals surface area contributed by atoms with Gasteiger partial charge in [0.15, 0.2) is 17.2 Å². The van der Waals surface area contributed by atoms with Crippen molar-refractivity contribution in [3.05, 3.63) is 42.2 Å². The Kier molecular flexibility index (Phi) is 5.61. The molecule has 31 heavy (non-hydrogen) atoms. The standard InChI is InChI=1S/C21H25N7O3/c1-4-31-17-8-6-5-7-13(17)24-18-11-15(22-2)19-23-12-16(28(19)26-18)20(29)25-14-9-10-27(3)21(14)30/h5-8,11-12,14,22H,4,9-10H2,1-3H3,(H,24,26)(H,25,29)/t14-/m1/s1. The van der Waals surface area contributed by atoms with Gasteiger partial charge < -0.3 is 25.6 Å². The van der Waals surface area contributed by atoms with E-state index in [9.17, 15) is 9.59 Å². The second kappa shape index (κ2) is 8.50. The number of fused-ring (bicyclic) bond motifs is 1. The van der Waals surface area contributed by atoms with Crippen molar-refractivity contribution in [3.8, 4) is 5.75 Å². The molecule has 3 heterocycles. The Labute approximate surface area is 179 Å². The van der Waals surface area contributed by atoms with Crippen LogP contribution in [0.2, 0.25) is 0 Å². The van der Waals surface area contributed by atoms with Crippen LogP contribution in [0.25, 0.3) is 5.65 Å². The third kappa shape index (κ3) is 3.96. The molecule has 0 radical (unpaired) electrons. The van der Waals surface area contributed by atoms with Gasteiger partial charge >= 0.3 is 0 Å². The maximum absolute atomic E-state index is 12.9. The monoisotopic (exact) mass is 423 g/mol. The van der Waals surface area contributed by atoms with Crippen molar-refractivity contribution in [2.24, 2.45) is 0 Å². The highest BCUT2D eigenvalue weighted by molar-refractivity contribution is 5.97. The van der Waals surface area contributed by atoms with Crippen molar-refractivity contribution in [1.82, 2.24) is 24.8 Å². The fourth-order valence-electron chi connectivity index (χ4n) is 3.55. The first-order valence-corrected chi connectivity index (χ1v) is 10.1. The van der Waals surface area contributed by atoms with E-state index in [0.717, 1.165) is 5.69 Å². The van der Waals surface area contributed by atoms with Crippen LogP contribution in [0.5, 0.6) is 5.75 Å². The molecule has 0 spiro atoms. The Morgan fingerprint density at radius 2 is 2.10 bits per heavy atom. The van der Waals surface area contributed by atoms with E-state index >= 15 is 0 Å². The number of rotatable bonds is 7. The van der Waals surface area contributed by atoms with Crippen molar-refractivity contribution in [3.63, 3.8) is 0 Å². The first-order chi connectivity index (χ1) is 15.0. The Balaban J connectivity index is 1.66. The number of nitrogens with one attached hydrogen (secondary N) is 3. The summed E-state index contributed by atoms with van der Waals surface area (Å²) in [6, 6.07) is 8.82. The Morgan fingerprint density at radius 3 is 2.81 bits per heavy atom. The van der Waals surface area contributed by atoms with Crippen LogP contribution in [0.15, 0.2) is 36.5 Å². The third-order valence-corrected chi connectivity index (χ3v) is 5.15. The second-order valence-electron chi connectivity index (χ2n) is 7.20. The topological polar surface area (TPSA) is 113 Å². The highest BCUT2D eigenvalue weighted by atomic mass is 16.5. The molecule has 2 amide bonds. The lowest BCUT2D eigenvalue weighted by atomic mass is 10.2. The highest BCUT2D eigenvalue weighted by Gasteiger charge is 2.31. The van der Waals surface area contributed by atoms with Gasteiger partial charge in [0.1, 0.15) is 11.8 Å². The molecule has 10 heteroatoms. The van der Waals surface area contributed by atoms with Crippen LogP contribution in [-0.2, 0) is 4.79 Å². The molecule has 2 aromatic heterocycles. The minimum absolute atomic E-state index is 0.0964. The lowest BCUT2D eigenvalue weighted by Crippen LogP contribution is -2.41. The molecule has 162 valence electrons. The smallest absolute Gasteiger partial charge is 0.272 e. The molecule has 4 rings (SSSR count). The second-order valence-corrected chi connectivity index (χ2v) is 7.20. The summed E-state index contributed by atoms with van der Waals surface area (Å²) in [7, 11) is 3.50. The number of carbonyl (C=O) groups excluding carboxylic acids is 2. The van der Waals surface area contributed by atoms with Gasteiger partial charge in [-0.15, -0.1) is 5.10 Å². The average Bonchev–Trinajstić information content (AvgIpc) is 3.33.